The Kier molecular flexibility index (Phi) is 4.17. The molecule has 1 heterocycles. The van der Waals surface area contributed by atoms with Crippen LogP contribution in [0.15, 0.2) is 28.9 Å². The highest BCUT2D eigenvalue weighted by atomic mass is 79.9. The zero-order chi connectivity index (χ0) is 13.9. The van der Waals surface area contributed by atoms with Crippen molar-refractivity contribution in [2.75, 3.05) is 0 Å². The number of halogens is 2. The molecule has 1 fully saturated rings. The van der Waals surface area contributed by atoms with Crippen LogP contribution in [0.1, 0.15) is 31.5 Å². The Labute approximate surface area is 126 Å². The Bertz CT molecular complexity index is 591. The maximum atomic E-state index is 13.9. The maximum absolute atomic E-state index is 13.9. The van der Waals surface area contributed by atoms with E-state index in [1.165, 1.54) is 31.7 Å². The van der Waals surface area contributed by atoms with Crippen molar-refractivity contribution in [3.63, 3.8) is 0 Å². The van der Waals surface area contributed by atoms with Crippen LogP contribution in [0.5, 0.6) is 0 Å². The van der Waals surface area contributed by atoms with Gasteiger partial charge in [-0.25, -0.2) is 9.37 Å². The molecule has 3 rings (SSSR count). The lowest BCUT2D eigenvalue weighted by Crippen LogP contribution is -2.25. The first kappa shape index (κ1) is 13.8. The standard InChI is InChI=1S/C15H17BrFN3/c16-10-5-6-12(13(17)7-10)14-8-19-15(20-14)9-18-11-3-1-2-4-11/h5-8,11,18H,1-4,9H2,(H,19,20). The molecule has 1 aromatic carbocycles. The number of imidazole rings is 1. The first-order valence-corrected chi connectivity index (χ1v) is 7.74. The minimum Gasteiger partial charge on any atom is -0.341 e. The van der Waals surface area contributed by atoms with Gasteiger partial charge in [0.1, 0.15) is 11.6 Å². The fraction of sp³-hybridized carbons (Fsp3) is 0.400. The molecule has 0 radical (unpaired) electrons. The summed E-state index contributed by atoms with van der Waals surface area (Å²) in [4.78, 5) is 7.51. The number of aromatic amines is 1. The van der Waals surface area contributed by atoms with E-state index in [0.29, 0.717) is 18.2 Å². The van der Waals surface area contributed by atoms with E-state index in [-0.39, 0.29) is 5.82 Å². The Hall–Kier alpha value is -1.20. The van der Waals surface area contributed by atoms with Crippen molar-refractivity contribution in [3.05, 3.63) is 40.5 Å². The molecule has 2 aromatic rings. The molecule has 0 bridgehead atoms. The van der Waals surface area contributed by atoms with Crippen molar-refractivity contribution in [3.8, 4) is 11.3 Å². The zero-order valence-electron chi connectivity index (χ0n) is 11.1. The van der Waals surface area contributed by atoms with E-state index < -0.39 is 0 Å². The molecule has 1 aliphatic carbocycles. The minimum atomic E-state index is -0.252. The van der Waals surface area contributed by atoms with Crippen LogP contribution in [0.2, 0.25) is 0 Å². The monoisotopic (exact) mass is 337 g/mol. The van der Waals surface area contributed by atoms with E-state index in [2.05, 4.69) is 31.2 Å². The van der Waals surface area contributed by atoms with Gasteiger partial charge in [-0.15, -0.1) is 0 Å². The normalized spacial score (nSPS) is 15.9. The maximum Gasteiger partial charge on any atom is 0.133 e. The van der Waals surface area contributed by atoms with Gasteiger partial charge in [0, 0.05) is 16.1 Å². The van der Waals surface area contributed by atoms with E-state index >= 15 is 0 Å². The number of nitrogens with one attached hydrogen (secondary N) is 2. The smallest absolute Gasteiger partial charge is 0.133 e. The molecule has 0 atom stereocenters. The Morgan fingerprint density at radius 2 is 2.15 bits per heavy atom. The van der Waals surface area contributed by atoms with Crippen LogP contribution >= 0.6 is 15.9 Å². The van der Waals surface area contributed by atoms with Crippen molar-refractivity contribution < 1.29 is 4.39 Å². The summed E-state index contributed by atoms with van der Waals surface area (Å²) < 4.78 is 14.6. The summed E-state index contributed by atoms with van der Waals surface area (Å²) in [6.45, 7) is 0.711. The highest BCUT2D eigenvalue weighted by Gasteiger charge is 2.15. The van der Waals surface area contributed by atoms with Crippen molar-refractivity contribution in [2.24, 2.45) is 0 Å². The van der Waals surface area contributed by atoms with Gasteiger partial charge in [-0.05, 0) is 31.0 Å². The van der Waals surface area contributed by atoms with E-state index in [9.17, 15) is 4.39 Å². The molecule has 1 aliphatic rings. The molecule has 2 N–H and O–H groups in total. The molecule has 1 saturated carbocycles. The van der Waals surface area contributed by atoms with Gasteiger partial charge in [0.05, 0.1) is 18.4 Å². The molecule has 0 unspecified atom stereocenters. The third-order valence-electron chi connectivity index (χ3n) is 3.76. The van der Waals surface area contributed by atoms with Crippen LogP contribution in [0.4, 0.5) is 4.39 Å². The third-order valence-corrected chi connectivity index (χ3v) is 4.26. The highest BCUT2D eigenvalue weighted by Crippen LogP contribution is 2.24. The third kappa shape index (κ3) is 3.10. The van der Waals surface area contributed by atoms with Gasteiger partial charge < -0.3 is 10.3 Å². The molecule has 5 heteroatoms. The molecule has 3 nitrogen and oxygen atoms in total. The van der Waals surface area contributed by atoms with Gasteiger partial charge in [0.25, 0.3) is 0 Å². The fourth-order valence-corrected chi connectivity index (χ4v) is 3.00. The number of aromatic nitrogens is 2. The number of H-pyrrole nitrogens is 1. The average Bonchev–Trinajstić information content (AvgIpc) is 3.07. The van der Waals surface area contributed by atoms with Gasteiger partial charge in [-0.2, -0.15) is 0 Å². The number of nitrogens with zero attached hydrogens (tertiary/aromatic N) is 1. The van der Waals surface area contributed by atoms with Crippen molar-refractivity contribution >= 4 is 15.9 Å². The minimum absolute atomic E-state index is 0.252. The van der Waals surface area contributed by atoms with Crippen LogP contribution in [-0.4, -0.2) is 16.0 Å². The number of rotatable bonds is 4. The molecule has 0 aliphatic heterocycles. The number of benzene rings is 1. The Balaban J connectivity index is 1.69. The Morgan fingerprint density at radius 1 is 1.35 bits per heavy atom. The molecular formula is C15H17BrFN3. The Morgan fingerprint density at radius 3 is 2.90 bits per heavy atom. The summed E-state index contributed by atoms with van der Waals surface area (Å²) in [6.07, 6.45) is 6.80. The summed E-state index contributed by atoms with van der Waals surface area (Å²) >= 11 is 3.26. The van der Waals surface area contributed by atoms with Gasteiger partial charge in [0.2, 0.25) is 0 Å². The lowest BCUT2D eigenvalue weighted by Gasteiger charge is -2.09. The topological polar surface area (TPSA) is 40.7 Å². The number of hydrogen-bond donors (Lipinski definition) is 2. The van der Waals surface area contributed by atoms with Crippen molar-refractivity contribution in [1.29, 1.82) is 0 Å². The quantitative estimate of drug-likeness (QED) is 0.884. The second kappa shape index (κ2) is 6.06. The van der Waals surface area contributed by atoms with E-state index in [1.807, 2.05) is 6.07 Å². The summed E-state index contributed by atoms with van der Waals surface area (Å²) in [5.41, 5.74) is 1.27. The SMILES string of the molecule is Fc1cc(Br)ccc1-c1cnc(CNC2CCCC2)[nH]1. The highest BCUT2D eigenvalue weighted by molar-refractivity contribution is 9.10. The van der Waals surface area contributed by atoms with E-state index in [1.54, 1.807) is 12.3 Å². The first-order valence-electron chi connectivity index (χ1n) is 6.95. The van der Waals surface area contributed by atoms with Crippen LogP contribution in [0.25, 0.3) is 11.3 Å². The number of hydrogen-bond acceptors (Lipinski definition) is 2. The van der Waals surface area contributed by atoms with Gasteiger partial charge in [-0.3, -0.25) is 0 Å². The van der Waals surface area contributed by atoms with Crippen LogP contribution in [0, 0.1) is 5.82 Å². The molecule has 0 spiro atoms. The van der Waals surface area contributed by atoms with Gasteiger partial charge in [-0.1, -0.05) is 28.8 Å². The van der Waals surface area contributed by atoms with E-state index in [4.69, 9.17) is 0 Å². The summed E-state index contributed by atoms with van der Waals surface area (Å²) in [7, 11) is 0. The predicted molar refractivity (Wildman–Crippen MR) is 80.8 cm³/mol. The molecule has 20 heavy (non-hydrogen) atoms. The molecular weight excluding hydrogens is 321 g/mol. The molecule has 0 saturated heterocycles. The lowest BCUT2D eigenvalue weighted by molar-refractivity contribution is 0.515. The summed E-state index contributed by atoms with van der Waals surface area (Å²) in [5.74, 6) is 0.604. The van der Waals surface area contributed by atoms with Crippen molar-refractivity contribution in [2.45, 2.75) is 38.3 Å². The van der Waals surface area contributed by atoms with Crippen molar-refractivity contribution in [1.82, 2.24) is 15.3 Å². The van der Waals surface area contributed by atoms with Crippen LogP contribution in [0.3, 0.4) is 0 Å². The van der Waals surface area contributed by atoms with Crippen LogP contribution in [-0.2, 0) is 6.54 Å². The average molecular weight is 338 g/mol. The largest absolute Gasteiger partial charge is 0.341 e. The van der Waals surface area contributed by atoms with E-state index in [0.717, 1.165) is 16.0 Å². The van der Waals surface area contributed by atoms with Crippen LogP contribution < -0.4 is 5.32 Å². The molecule has 1 aromatic heterocycles. The second-order valence-electron chi connectivity index (χ2n) is 5.23. The predicted octanol–water partition coefficient (Wildman–Crippen LogP) is 4.01. The first-order chi connectivity index (χ1) is 9.72. The molecule has 106 valence electrons. The van der Waals surface area contributed by atoms with Gasteiger partial charge >= 0.3 is 0 Å². The zero-order valence-corrected chi connectivity index (χ0v) is 12.7. The summed E-state index contributed by atoms with van der Waals surface area (Å²) in [5, 5.41) is 3.49. The lowest BCUT2D eigenvalue weighted by atomic mass is 10.1. The second-order valence-corrected chi connectivity index (χ2v) is 6.15. The summed E-state index contributed by atoms with van der Waals surface area (Å²) in [6, 6.07) is 5.65. The fourth-order valence-electron chi connectivity index (χ4n) is 2.67. The molecule has 0 amide bonds. The van der Waals surface area contributed by atoms with Gasteiger partial charge in [0.15, 0.2) is 0 Å².